The van der Waals surface area contributed by atoms with Gasteiger partial charge in [-0.1, -0.05) is 113 Å². The molecular formula is C34H32BrNO4. The Labute approximate surface area is 243 Å². The van der Waals surface area contributed by atoms with Gasteiger partial charge in [-0.05, 0) is 65.9 Å². The minimum atomic E-state index is -0.650. The highest BCUT2D eigenvalue weighted by atomic mass is 79.9. The van der Waals surface area contributed by atoms with E-state index in [-0.39, 0.29) is 5.97 Å². The van der Waals surface area contributed by atoms with Crippen LogP contribution in [-0.2, 0) is 26.4 Å². The van der Waals surface area contributed by atoms with E-state index in [1.54, 1.807) is 18.3 Å². The molecule has 1 saturated carbocycles. The number of ether oxygens (including phenoxy) is 2. The largest absolute Gasteiger partial charge is 0.426 e. The summed E-state index contributed by atoms with van der Waals surface area (Å²) in [4.78, 5) is 19.3. The molecule has 6 heteroatoms. The van der Waals surface area contributed by atoms with E-state index in [9.17, 15) is 4.79 Å². The summed E-state index contributed by atoms with van der Waals surface area (Å²) >= 11 is 3.50. The Morgan fingerprint density at radius 1 is 0.825 bits per heavy atom. The van der Waals surface area contributed by atoms with Crippen molar-refractivity contribution in [3.63, 3.8) is 0 Å². The number of hydrogen-bond donors (Lipinski definition) is 0. The Kier molecular flexibility index (Phi) is 9.42. The van der Waals surface area contributed by atoms with Crippen molar-refractivity contribution in [3.8, 4) is 5.75 Å². The summed E-state index contributed by atoms with van der Waals surface area (Å²) in [6.45, 7) is 0.401. The lowest BCUT2D eigenvalue weighted by molar-refractivity contribution is -0.153. The van der Waals surface area contributed by atoms with Gasteiger partial charge in [-0.25, -0.2) is 0 Å². The average Bonchev–Trinajstić information content (AvgIpc) is 3.01. The Bertz CT molecular complexity index is 1380. The second-order valence-corrected chi connectivity index (χ2v) is 10.9. The minimum absolute atomic E-state index is 0.194. The maximum absolute atomic E-state index is 13.5. The van der Waals surface area contributed by atoms with Crippen molar-refractivity contribution in [1.82, 2.24) is 0 Å². The number of benzene rings is 4. The molecule has 1 aliphatic rings. The topological polar surface area (TPSA) is 57.1 Å². The van der Waals surface area contributed by atoms with Crippen LogP contribution < -0.4 is 4.74 Å². The Morgan fingerprint density at radius 3 is 2.15 bits per heavy atom. The monoisotopic (exact) mass is 597 g/mol. The number of nitrogens with zero attached hydrogens (tertiary/aromatic N) is 1. The van der Waals surface area contributed by atoms with Gasteiger partial charge in [-0.3, -0.25) is 4.79 Å². The number of carbonyl (C=O) groups excluding carboxylic acids is 1. The molecule has 0 N–H and O–H groups in total. The van der Waals surface area contributed by atoms with Crippen molar-refractivity contribution < 1.29 is 19.1 Å². The van der Waals surface area contributed by atoms with Gasteiger partial charge in [0, 0.05) is 10.0 Å². The fraction of sp³-hybridized carbons (Fsp3) is 0.235. The molecule has 40 heavy (non-hydrogen) atoms. The maximum atomic E-state index is 13.5. The first-order chi connectivity index (χ1) is 19.6. The summed E-state index contributed by atoms with van der Waals surface area (Å²) in [7, 11) is 0. The van der Waals surface area contributed by atoms with Crippen molar-refractivity contribution in [2.24, 2.45) is 5.16 Å². The molecule has 5 nitrogen and oxygen atoms in total. The highest BCUT2D eigenvalue weighted by molar-refractivity contribution is 9.10. The Balaban J connectivity index is 1.23. The minimum Gasteiger partial charge on any atom is -0.426 e. The first-order valence-corrected chi connectivity index (χ1v) is 14.4. The summed E-state index contributed by atoms with van der Waals surface area (Å²) in [5.41, 5.74) is 3.15. The van der Waals surface area contributed by atoms with Crippen molar-refractivity contribution in [2.45, 2.75) is 50.4 Å². The smallest absolute Gasteiger partial charge is 0.321 e. The van der Waals surface area contributed by atoms with Gasteiger partial charge >= 0.3 is 5.97 Å². The van der Waals surface area contributed by atoms with Crippen LogP contribution in [-0.4, -0.2) is 12.2 Å². The second-order valence-electron chi connectivity index (χ2n) is 9.99. The van der Waals surface area contributed by atoms with E-state index in [0.717, 1.165) is 58.8 Å². The van der Waals surface area contributed by atoms with Gasteiger partial charge in [-0.2, -0.15) is 0 Å². The van der Waals surface area contributed by atoms with Gasteiger partial charge in [0.25, 0.3) is 6.29 Å². The number of carbonyl (C=O) groups is 1. The van der Waals surface area contributed by atoms with Crippen LogP contribution in [0.3, 0.4) is 0 Å². The summed E-state index contributed by atoms with van der Waals surface area (Å²) < 4.78 is 12.9. The molecule has 1 aliphatic carbocycles. The quantitative estimate of drug-likeness (QED) is 0.0604. The van der Waals surface area contributed by atoms with E-state index in [4.69, 9.17) is 14.3 Å². The van der Waals surface area contributed by atoms with Crippen molar-refractivity contribution in [3.05, 3.63) is 136 Å². The van der Waals surface area contributed by atoms with Gasteiger partial charge in [0.1, 0.15) is 5.75 Å². The number of halogens is 1. The third-order valence-corrected chi connectivity index (χ3v) is 7.79. The second kappa shape index (κ2) is 13.6. The molecule has 4 aromatic rings. The molecule has 204 valence electrons. The van der Waals surface area contributed by atoms with Crippen LogP contribution in [0.4, 0.5) is 0 Å². The molecule has 0 amide bonds. The molecule has 4 aromatic carbocycles. The highest BCUT2D eigenvalue weighted by Gasteiger charge is 2.42. The van der Waals surface area contributed by atoms with E-state index in [0.29, 0.717) is 12.4 Å². The lowest BCUT2D eigenvalue weighted by Gasteiger charge is -2.35. The molecule has 0 radical (unpaired) electrons. The molecular weight excluding hydrogens is 566 g/mol. The van der Waals surface area contributed by atoms with Crippen LogP contribution in [0, 0.1) is 0 Å². The van der Waals surface area contributed by atoms with Crippen LogP contribution in [0.25, 0.3) is 0 Å². The first kappa shape index (κ1) is 27.8. The molecule has 0 heterocycles. The number of hydrogen-bond acceptors (Lipinski definition) is 5. The summed E-state index contributed by atoms with van der Waals surface area (Å²) in [6.07, 6.45) is 5.74. The van der Waals surface area contributed by atoms with E-state index in [1.807, 2.05) is 97.1 Å². The normalized spacial score (nSPS) is 15.4. The molecule has 0 aliphatic heterocycles. The average molecular weight is 599 g/mol. The maximum Gasteiger partial charge on any atom is 0.321 e. The fourth-order valence-corrected chi connectivity index (χ4v) is 5.32. The summed E-state index contributed by atoms with van der Waals surface area (Å²) in [5.74, 6) is 0.319. The van der Waals surface area contributed by atoms with Crippen molar-refractivity contribution >= 4 is 28.1 Å². The van der Waals surface area contributed by atoms with Crippen LogP contribution >= 0.6 is 15.9 Å². The zero-order chi connectivity index (χ0) is 27.6. The molecule has 0 aromatic heterocycles. The molecule has 1 unspecified atom stereocenters. The van der Waals surface area contributed by atoms with Crippen LogP contribution in [0.15, 0.2) is 119 Å². The van der Waals surface area contributed by atoms with Crippen LogP contribution in [0.5, 0.6) is 5.75 Å². The number of rotatable bonds is 10. The standard InChI is InChI=1S/C34H32BrNO4/c35-30-18-16-29(17-19-30)34(22-8-3-9-23-34)33(37)39-31-20-14-26(15-21-31)24-36-40-32(28-12-6-2-7-13-28)38-25-27-10-4-1-5-11-27/h1-2,4-7,10-21,24,32H,3,8-9,22-23,25H2. The van der Waals surface area contributed by atoms with E-state index >= 15 is 0 Å². The van der Waals surface area contributed by atoms with Gasteiger partial charge < -0.3 is 14.3 Å². The van der Waals surface area contributed by atoms with Crippen LogP contribution in [0.2, 0.25) is 0 Å². The van der Waals surface area contributed by atoms with Gasteiger partial charge in [-0.15, -0.1) is 0 Å². The van der Waals surface area contributed by atoms with E-state index in [2.05, 4.69) is 21.1 Å². The predicted octanol–water partition coefficient (Wildman–Crippen LogP) is 8.52. The van der Waals surface area contributed by atoms with Gasteiger partial charge in [0.05, 0.1) is 18.2 Å². The predicted molar refractivity (Wildman–Crippen MR) is 160 cm³/mol. The molecule has 0 saturated heterocycles. The fourth-order valence-electron chi connectivity index (χ4n) is 5.05. The molecule has 1 atom stereocenters. The van der Waals surface area contributed by atoms with E-state index < -0.39 is 11.7 Å². The van der Waals surface area contributed by atoms with Crippen LogP contribution in [0.1, 0.15) is 60.6 Å². The highest BCUT2D eigenvalue weighted by Crippen LogP contribution is 2.41. The van der Waals surface area contributed by atoms with Gasteiger partial charge in [0.2, 0.25) is 0 Å². The van der Waals surface area contributed by atoms with Crippen molar-refractivity contribution in [1.29, 1.82) is 0 Å². The van der Waals surface area contributed by atoms with Crippen molar-refractivity contribution in [2.75, 3.05) is 0 Å². The number of esters is 1. The lowest BCUT2D eigenvalue weighted by Crippen LogP contribution is -2.41. The van der Waals surface area contributed by atoms with Gasteiger partial charge in [0.15, 0.2) is 0 Å². The zero-order valence-electron chi connectivity index (χ0n) is 22.2. The zero-order valence-corrected chi connectivity index (χ0v) is 23.8. The SMILES string of the molecule is O=C(Oc1ccc(C=NOC(OCc2ccccc2)c2ccccc2)cc1)C1(c2ccc(Br)cc2)CCCCC1. The Hall–Kier alpha value is -3.74. The molecule has 0 spiro atoms. The Morgan fingerprint density at radius 2 is 1.48 bits per heavy atom. The molecule has 1 fully saturated rings. The summed E-state index contributed by atoms with van der Waals surface area (Å²) in [5, 5.41) is 4.19. The summed E-state index contributed by atoms with van der Waals surface area (Å²) in [6, 6.07) is 35.0. The molecule has 5 rings (SSSR count). The molecule has 0 bridgehead atoms. The third kappa shape index (κ3) is 7.06. The third-order valence-electron chi connectivity index (χ3n) is 7.26. The first-order valence-electron chi connectivity index (χ1n) is 13.6. The lowest BCUT2D eigenvalue weighted by atomic mass is 9.69. The number of oxime groups is 1. The van der Waals surface area contributed by atoms with E-state index in [1.165, 1.54) is 0 Å².